The molecule has 0 bridgehead atoms. The molecule has 1 amide bonds. The molecule has 2 aliphatic heterocycles. The van der Waals surface area contributed by atoms with Gasteiger partial charge in [0.15, 0.2) is 0 Å². The third-order valence-corrected chi connectivity index (χ3v) is 5.13. The Morgan fingerprint density at radius 1 is 1.47 bits per heavy atom. The van der Waals surface area contributed by atoms with E-state index in [1.165, 1.54) is 25.0 Å². The van der Waals surface area contributed by atoms with Gasteiger partial charge < -0.3 is 4.90 Å². The molecule has 0 aromatic carbocycles. The Kier molecular flexibility index (Phi) is 2.44. The quantitative estimate of drug-likeness (QED) is 0.768. The summed E-state index contributed by atoms with van der Waals surface area (Å²) >= 11 is 2.05. The lowest BCUT2D eigenvalue weighted by Crippen LogP contribution is -2.36. The van der Waals surface area contributed by atoms with Gasteiger partial charge in [0.2, 0.25) is 5.91 Å². The molecule has 3 nitrogen and oxygen atoms in total. The van der Waals surface area contributed by atoms with Crippen molar-refractivity contribution in [3.63, 3.8) is 0 Å². The van der Waals surface area contributed by atoms with Crippen LogP contribution in [0.25, 0.3) is 0 Å². The topological polar surface area (TPSA) is 32.3 Å². The third-order valence-electron chi connectivity index (χ3n) is 3.75. The number of carbonyl (C=O) groups is 1. The summed E-state index contributed by atoms with van der Waals surface area (Å²) in [4.78, 5) is 14.1. The molecule has 3 aliphatic rings. The van der Waals surface area contributed by atoms with E-state index in [9.17, 15) is 4.79 Å². The summed E-state index contributed by atoms with van der Waals surface area (Å²) in [7, 11) is 0. The average molecular weight is 226 g/mol. The Bertz CT molecular complexity index is 272. The highest BCUT2D eigenvalue weighted by atomic mass is 32.2. The number of rotatable bonds is 2. The van der Waals surface area contributed by atoms with Crippen molar-refractivity contribution in [2.24, 2.45) is 0 Å². The van der Waals surface area contributed by atoms with E-state index in [4.69, 9.17) is 0 Å². The van der Waals surface area contributed by atoms with Gasteiger partial charge in [-0.3, -0.25) is 10.1 Å². The molecule has 2 saturated heterocycles. The number of thioether (sulfide) groups is 1. The van der Waals surface area contributed by atoms with Crippen LogP contribution in [0, 0.1) is 0 Å². The van der Waals surface area contributed by atoms with Gasteiger partial charge in [0.25, 0.3) is 0 Å². The lowest BCUT2D eigenvalue weighted by Gasteiger charge is -2.26. The van der Waals surface area contributed by atoms with Crippen molar-refractivity contribution >= 4 is 17.7 Å². The zero-order valence-electron chi connectivity index (χ0n) is 9.00. The lowest BCUT2D eigenvalue weighted by atomic mass is 10.2. The Balaban J connectivity index is 1.57. The van der Waals surface area contributed by atoms with Crippen molar-refractivity contribution < 1.29 is 4.79 Å². The van der Waals surface area contributed by atoms with Crippen LogP contribution >= 0.6 is 11.8 Å². The Morgan fingerprint density at radius 3 is 2.93 bits per heavy atom. The van der Waals surface area contributed by atoms with Crippen molar-refractivity contribution in [2.75, 3.05) is 19.0 Å². The highest BCUT2D eigenvalue weighted by Gasteiger charge is 2.55. The molecule has 1 atom stereocenters. The molecule has 84 valence electrons. The number of carbonyl (C=O) groups excluding carboxylic acids is 1. The van der Waals surface area contributed by atoms with Crippen LogP contribution in [0.4, 0.5) is 0 Å². The van der Waals surface area contributed by atoms with E-state index in [0.717, 1.165) is 26.1 Å². The summed E-state index contributed by atoms with van der Waals surface area (Å²) in [6, 6.07) is 0. The van der Waals surface area contributed by atoms with Gasteiger partial charge in [0, 0.05) is 11.8 Å². The van der Waals surface area contributed by atoms with E-state index < -0.39 is 0 Å². The average Bonchev–Trinajstić information content (AvgIpc) is 3.00. The predicted molar refractivity (Wildman–Crippen MR) is 61.8 cm³/mol. The minimum atomic E-state index is -0.0979. The molecule has 4 heteroatoms. The van der Waals surface area contributed by atoms with E-state index >= 15 is 0 Å². The first-order valence-electron chi connectivity index (χ1n) is 5.96. The van der Waals surface area contributed by atoms with Crippen molar-refractivity contribution in [3.8, 4) is 0 Å². The first-order valence-corrected chi connectivity index (χ1v) is 7.01. The maximum absolute atomic E-state index is 12.0. The molecule has 1 unspecified atom stereocenters. The molecule has 0 aromatic heterocycles. The maximum Gasteiger partial charge on any atom is 0.243 e. The van der Waals surface area contributed by atoms with Crippen LogP contribution in [0.1, 0.15) is 32.1 Å². The zero-order chi connectivity index (χ0) is 10.3. The maximum atomic E-state index is 12.0. The summed E-state index contributed by atoms with van der Waals surface area (Å²) in [5.74, 6) is 1.65. The fourth-order valence-corrected chi connectivity index (χ4v) is 3.88. The fourth-order valence-electron chi connectivity index (χ4n) is 2.56. The van der Waals surface area contributed by atoms with E-state index in [-0.39, 0.29) is 5.54 Å². The minimum Gasteiger partial charge on any atom is -0.327 e. The molecule has 1 aliphatic carbocycles. The highest BCUT2D eigenvalue weighted by Crippen LogP contribution is 2.40. The standard InChI is InChI=1S/C11H18N2OS/c14-10-11(4-5-11)12-8-13(10)7-9-3-1-2-6-15-9/h9,12H,1-8H2. The SMILES string of the molecule is O=C1N(CC2CCCCS2)CNC12CC2. The number of nitrogens with one attached hydrogen (secondary N) is 1. The molecule has 2 heterocycles. The van der Waals surface area contributed by atoms with E-state index in [1.807, 2.05) is 4.90 Å². The number of hydrogen-bond acceptors (Lipinski definition) is 3. The van der Waals surface area contributed by atoms with Crippen LogP contribution in [-0.4, -0.2) is 40.6 Å². The van der Waals surface area contributed by atoms with Gasteiger partial charge >= 0.3 is 0 Å². The predicted octanol–water partition coefficient (Wildman–Crippen LogP) is 1.19. The first-order chi connectivity index (χ1) is 7.30. The second kappa shape index (κ2) is 3.67. The largest absolute Gasteiger partial charge is 0.327 e. The molecule has 0 aromatic rings. The number of amides is 1. The van der Waals surface area contributed by atoms with Crippen molar-refractivity contribution in [1.29, 1.82) is 0 Å². The first kappa shape index (κ1) is 9.97. The van der Waals surface area contributed by atoms with E-state index in [0.29, 0.717) is 11.2 Å². The van der Waals surface area contributed by atoms with Crippen molar-refractivity contribution in [3.05, 3.63) is 0 Å². The number of hydrogen-bond donors (Lipinski definition) is 1. The molecule has 1 saturated carbocycles. The van der Waals surface area contributed by atoms with E-state index in [2.05, 4.69) is 17.1 Å². The second-order valence-electron chi connectivity index (χ2n) is 4.93. The van der Waals surface area contributed by atoms with Crippen molar-refractivity contribution in [1.82, 2.24) is 10.2 Å². The van der Waals surface area contributed by atoms with Gasteiger partial charge in [0.1, 0.15) is 0 Å². The summed E-state index contributed by atoms with van der Waals surface area (Å²) < 4.78 is 0. The van der Waals surface area contributed by atoms with Gasteiger partial charge in [-0.1, -0.05) is 6.42 Å². The second-order valence-corrected chi connectivity index (χ2v) is 6.34. The molecular weight excluding hydrogens is 208 g/mol. The summed E-state index contributed by atoms with van der Waals surface area (Å²) in [5.41, 5.74) is -0.0979. The monoisotopic (exact) mass is 226 g/mol. The van der Waals surface area contributed by atoms with Gasteiger partial charge in [-0.05, 0) is 31.4 Å². The van der Waals surface area contributed by atoms with Crippen LogP contribution in [-0.2, 0) is 4.79 Å². The van der Waals surface area contributed by atoms with Crippen LogP contribution in [0.5, 0.6) is 0 Å². The Morgan fingerprint density at radius 2 is 2.33 bits per heavy atom. The summed E-state index contributed by atoms with van der Waals surface area (Å²) in [6.07, 6.45) is 6.11. The van der Waals surface area contributed by atoms with E-state index in [1.54, 1.807) is 0 Å². The summed E-state index contributed by atoms with van der Waals surface area (Å²) in [6.45, 7) is 1.76. The molecule has 1 spiro atoms. The smallest absolute Gasteiger partial charge is 0.243 e. The van der Waals surface area contributed by atoms with Crippen LogP contribution in [0.3, 0.4) is 0 Å². The van der Waals surface area contributed by atoms with Crippen LogP contribution in [0.2, 0.25) is 0 Å². The van der Waals surface area contributed by atoms with Gasteiger partial charge in [-0.2, -0.15) is 11.8 Å². The molecular formula is C11H18N2OS. The zero-order valence-corrected chi connectivity index (χ0v) is 9.81. The molecule has 3 rings (SSSR count). The minimum absolute atomic E-state index is 0.0979. The normalized spacial score (nSPS) is 33.7. The molecule has 15 heavy (non-hydrogen) atoms. The van der Waals surface area contributed by atoms with Gasteiger partial charge in [0.05, 0.1) is 12.2 Å². The Labute approximate surface area is 95.0 Å². The fraction of sp³-hybridized carbons (Fsp3) is 0.909. The van der Waals surface area contributed by atoms with Crippen LogP contribution in [0.15, 0.2) is 0 Å². The van der Waals surface area contributed by atoms with Crippen molar-refractivity contribution in [2.45, 2.75) is 42.9 Å². The lowest BCUT2D eigenvalue weighted by molar-refractivity contribution is -0.129. The highest BCUT2D eigenvalue weighted by molar-refractivity contribution is 7.99. The van der Waals surface area contributed by atoms with Gasteiger partial charge in [-0.15, -0.1) is 0 Å². The van der Waals surface area contributed by atoms with Gasteiger partial charge in [-0.25, -0.2) is 0 Å². The number of nitrogens with zero attached hydrogens (tertiary/aromatic N) is 1. The third kappa shape index (κ3) is 1.78. The summed E-state index contributed by atoms with van der Waals surface area (Å²) in [5, 5.41) is 4.06. The molecule has 3 fully saturated rings. The van der Waals surface area contributed by atoms with Crippen LogP contribution < -0.4 is 5.32 Å². The molecule has 0 radical (unpaired) electrons. The molecule has 1 N–H and O–H groups in total. The Hall–Kier alpha value is -0.220.